The van der Waals surface area contributed by atoms with Gasteiger partial charge in [-0.25, -0.2) is 9.59 Å². The summed E-state index contributed by atoms with van der Waals surface area (Å²) in [5.41, 5.74) is 3.34. The molecular formula is C10H20N2O4. The Bertz CT molecular complexity index is 278. The topological polar surface area (TPSA) is 105 Å². The van der Waals surface area contributed by atoms with E-state index in [-0.39, 0.29) is 6.42 Å². The molecule has 0 aliphatic heterocycles. The summed E-state index contributed by atoms with van der Waals surface area (Å²) < 4.78 is 5.01. The Labute approximate surface area is 95.2 Å². The van der Waals surface area contributed by atoms with Crippen LogP contribution in [0.5, 0.6) is 0 Å². The fourth-order valence-electron chi connectivity index (χ4n) is 1.64. The summed E-state index contributed by atoms with van der Waals surface area (Å²) in [4.78, 5) is 26.4. The van der Waals surface area contributed by atoms with Crippen LogP contribution in [0.4, 0.5) is 4.79 Å². The van der Waals surface area contributed by atoms with E-state index >= 15 is 0 Å². The molecule has 0 aliphatic carbocycles. The van der Waals surface area contributed by atoms with Crippen molar-refractivity contribution in [3.05, 3.63) is 0 Å². The summed E-state index contributed by atoms with van der Waals surface area (Å²) in [6, 6.07) is 0. The fourth-order valence-corrected chi connectivity index (χ4v) is 1.64. The summed E-state index contributed by atoms with van der Waals surface area (Å²) in [5, 5.41) is 0. The summed E-state index contributed by atoms with van der Waals surface area (Å²) in [6.45, 7) is 6.89. The van der Waals surface area contributed by atoms with Crippen LogP contribution >= 0.6 is 0 Å². The molecule has 6 nitrogen and oxygen atoms in total. The molecule has 0 heterocycles. The molecule has 1 atom stereocenters. The van der Waals surface area contributed by atoms with Gasteiger partial charge in [0.1, 0.15) is 5.60 Å². The highest BCUT2D eigenvalue weighted by Crippen LogP contribution is 2.33. The number of rotatable bonds is 5. The van der Waals surface area contributed by atoms with E-state index in [1.54, 1.807) is 20.8 Å². The van der Waals surface area contributed by atoms with E-state index in [0.29, 0.717) is 6.42 Å². The first-order chi connectivity index (χ1) is 7.17. The number of carbonyl (C=O) groups is 2. The Hall–Kier alpha value is -1.30. The van der Waals surface area contributed by atoms with Gasteiger partial charge in [0, 0.05) is 6.42 Å². The van der Waals surface area contributed by atoms with Crippen LogP contribution in [0, 0.1) is 5.41 Å². The Kier molecular flexibility index (Phi) is 4.74. The van der Waals surface area contributed by atoms with Crippen molar-refractivity contribution in [3.8, 4) is 0 Å². The Morgan fingerprint density at radius 3 is 2.06 bits per heavy atom. The highest BCUT2D eigenvalue weighted by atomic mass is 16.7. The maximum Gasteiger partial charge on any atom is 0.405 e. The molecule has 0 aromatic rings. The second kappa shape index (κ2) is 5.16. The molecule has 6 heteroatoms. The molecule has 0 fully saturated rings. The number of amides is 1. The van der Waals surface area contributed by atoms with Crippen LogP contribution in [0.1, 0.15) is 40.5 Å². The van der Waals surface area contributed by atoms with Crippen LogP contribution in [-0.2, 0) is 14.4 Å². The van der Waals surface area contributed by atoms with E-state index in [2.05, 4.69) is 4.84 Å². The van der Waals surface area contributed by atoms with Gasteiger partial charge in [0.25, 0.3) is 0 Å². The van der Waals surface area contributed by atoms with Gasteiger partial charge in [-0.3, -0.25) is 0 Å². The molecule has 1 amide bonds. The van der Waals surface area contributed by atoms with E-state index in [1.165, 1.54) is 0 Å². The lowest BCUT2D eigenvalue weighted by atomic mass is 9.80. The number of ether oxygens (including phenoxy) is 1. The molecule has 4 N–H and O–H groups in total. The Balaban J connectivity index is 4.76. The zero-order chi connectivity index (χ0) is 13.0. The van der Waals surface area contributed by atoms with Crippen LogP contribution in [0.25, 0.3) is 0 Å². The average molecular weight is 232 g/mol. The molecular weight excluding hydrogens is 212 g/mol. The minimum Gasteiger partial charge on any atom is -0.443 e. The summed E-state index contributed by atoms with van der Waals surface area (Å²) in [6.07, 6.45) is -0.0339. The molecule has 0 radical (unpaired) electrons. The number of primary amides is 1. The lowest BCUT2D eigenvalue weighted by Gasteiger charge is -2.34. The van der Waals surface area contributed by atoms with Gasteiger partial charge in [0.2, 0.25) is 0 Å². The second-order valence-electron chi connectivity index (χ2n) is 4.69. The van der Waals surface area contributed by atoms with Gasteiger partial charge in [0.05, 0.1) is 5.41 Å². The van der Waals surface area contributed by atoms with Crippen molar-refractivity contribution in [1.29, 1.82) is 0 Å². The van der Waals surface area contributed by atoms with Crippen LogP contribution in [0.3, 0.4) is 0 Å². The minimum absolute atomic E-state index is 0.287. The molecule has 0 aromatic heterocycles. The maximum absolute atomic E-state index is 11.4. The fraction of sp³-hybridized carbons (Fsp3) is 0.800. The summed E-state index contributed by atoms with van der Waals surface area (Å²) in [7, 11) is 0. The van der Waals surface area contributed by atoms with E-state index in [1.807, 2.05) is 6.92 Å². The molecule has 16 heavy (non-hydrogen) atoms. The molecule has 0 aromatic carbocycles. The molecule has 0 bridgehead atoms. The lowest BCUT2D eigenvalue weighted by Crippen LogP contribution is -2.41. The number of nitrogens with two attached hydrogens (primary N) is 2. The van der Waals surface area contributed by atoms with Crippen molar-refractivity contribution in [3.63, 3.8) is 0 Å². The third-order valence-electron chi connectivity index (χ3n) is 2.57. The normalized spacial score (nSPS) is 15.1. The zero-order valence-electron chi connectivity index (χ0n) is 10.2. The second-order valence-corrected chi connectivity index (χ2v) is 4.69. The van der Waals surface area contributed by atoms with Crippen molar-refractivity contribution in [2.24, 2.45) is 17.0 Å². The Morgan fingerprint density at radius 2 is 1.75 bits per heavy atom. The Morgan fingerprint density at radius 1 is 1.25 bits per heavy atom. The zero-order valence-corrected chi connectivity index (χ0v) is 10.2. The van der Waals surface area contributed by atoms with E-state index < -0.39 is 23.1 Å². The number of hydrogen-bond donors (Lipinski definition) is 2. The third kappa shape index (κ3) is 4.06. The predicted molar refractivity (Wildman–Crippen MR) is 58.0 cm³/mol. The van der Waals surface area contributed by atoms with Gasteiger partial charge in [-0.2, -0.15) is 5.90 Å². The van der Waals surface area contributed by atoms with Crippen molar-refractivity contribution in [2.45, 2.75) is 46.1 Å². The van der Waals surface area contributed by atoms with Crippen molar-refractivity contribution in [1.82, 2.24) is 0 Å². The highest BCUT2D eigenvalue weighted by Gasteiger charge is 2.39. The van der Waals surface area contributed by atoms with E-state index in [9.17, 15) is 9.59 Å². The molecule has 1 unspecified atom stereocenters. The van der Waals surface area contributed by atoms with E-state index in [4.69, 9.17) is 16.4 Å². The number of hydrogen-bond acceptors (Lipinski definition) is 5. The molecule has 0 rings (SSSR count). The smallest absolute Gasteiger partial charge is 0.405 e. The molecule has 0 saturated carbocycles. The van der Waals surface area contributed by atoms with Crippen LogP contribution in [0.2, 0.25) is 0 Å². The first-order valence-corrected chi connectivity index (χ1v) is 5.06. The van der Waals surface area contributed by atoms with E-state index in [0.717, 1.165) is 0 Å². The SMILES string of the molecule is CCC(C)(CC(C)(C)C(=O)ON)OC(N)=O. The van der Waals surface area contributed by atoms with Gasteiger partial charge in [0.15, 0.2) is 0 Å². The maximum atomic E-state index is 11.4. The number of carbonyl (C=O) groups excluding carboxylic acids is 2. The quantitative estimate of drug-likeness (QED) is 0.690. The average Bonchev–Trinajstić information content (AvgIpc) is 2.14. The first-order valence-electron chi connectivity index (χ1n) is 5.06. The summed E-state index contributed by atoms with van der Waals surface area (Å²) in [5.74, 6) is 4.28. The molecule has 0 aliphatic rings. The van der Waals surface area contributed by atoms with Crippen molar-refractivity contribution in [2.75, 3.05) is 0 Å². The predicted octanol–water partition coefficient (Wildman–Crippen LogP) is 1.08. The van der Waals surface area contributed by atoms with Gasteiger partial charge in [-0.05, 0) is 27.2 Å². The molecule has 0 spiro atoms. The monoisotopic (exact) mass is 232 g/mol. The van der Waals surface area contributed by atoms with Crippen molar-refractivity contribution >= 4 is 12.1 Å². The summed E-state index contributed by atoms with van der Waals surface area (Å²) >= 11 is 0. The van der Waals surface area contributed by atoms with Gasteiger partial charge in [-0.15, -0.1) is 0 Å². The first kappa shape index (κ1) is 14.7. The largest absolute Gasteiger partial charge is 0.443 e. The highest BCUT2D eigenvalue weighted by molar-refractivity contribution is 5.75. The lowest BCUT2D eigenvalue weighted by molar-refractivity contribution is -0.158. The minimum atomic E-state index is -0.860. The van der Waals surface area contributed by atoms with Crippen LogP contribution < -0.4 is 11.6 Å². The van der Waals surface area contributed by atoms with Gasteiger partial charge in [-0.1, -0.05) is 6.92 Å². The molecule has 94 valence electrons. The van der Waals surface area contributed by atoms with Crippen LogP contribution in [0.15, 0.2) is 0 Å². The van der Waals surface area contributed by atoms with Gasteiger partial charge < -0.3 is 15.3 Å². The van der Waals surface area contributed by atoms with Gasteiger partial charge >= 0.3 is 12.1 Å². The molecule has 0 saturated heterocycles. The van der Waals surface area contributed by atoms with Crippen LogP contribution in [-0.4, -0.2) is 17.7 Å². The standard InChI is InChI=1S/C10H20N2O4/c1-5-10(4,15-8(11)14)6-9(2,3)7(13)16-12/h5-6,12H2,1-4H3,(H2,11,14). The van der Waals surface area contributed by atoms with Crippen molar-refractivity contribution < 1.29 is 19.2 Å². The third-order valence-corrected chi connectivity index (χ3v) is 2.57.